The van der Waals surface area contributed by atoms with Crippen molar-refractivity contribution in [3.8, 4) is 11.3 Å². The number of pyridine rings is 1. The minimum absolute atomic E-state index is 0.167. The molecule has 0 saturated carbocycles. The van der Waals surface area contributed by atoms with E-state index in [1.165, 1.54) is 0 Å². The van der Waals surface area contributed by atoms with Crippen LogP contribution in [0.25, 0.3) is 22.0 Å². The van der Waals surface area contributed by atoms with E-state index in [1.54, 1.807) is 24.3 Å². The van der Waals surface area contributed by atoms with Gasteiger partial charge in [-0.2, -0.15) is 0 Å². The van der Waals surface area contributed by atoms with Gasteiger partial charge in [-0.1, -0.05) is 35.9 Å². The van der Waals surface area contributed by atoms with Crippen LogP contribution in [0.5, 0.6) is 0 Å². The van der Waals surface area contributed by atoms with Gasteiger partial charge in [-0.15, -0.1) is 0 Å². The number of anilines is 1. The topological polar surface area (TPSA) is 58.9 Å². The molecule has 0 aliphatic heterocycles. The van der Waals surface area contributed by atoms with Gasteiger partial charge in [0, 0.05) is 27.0 Å². The first-order valence-corrected chi connectivity index (χ1v) is 6.21. The molecule has 2 aromatic carbocycles. The Labute approximate surface area is 114 Å². The average Bonchev–Trinajstić information content (AvgIpc) is 2.40. The molecule has 0 atom stereocenters. The number of nitrogens with two attached hydrogens (primary N) is 1. The predicted octanol–water partition coefficient (Wildman–Crippen LogP) is 3.43. The summed E-state index contributed by atoms with van der Waals surface area (Å²) in [5, 5.41) is 1.91. The lowest BCUT2D eigenvalue weighted by molar-refractivity contribution is 1.28. The van der Waals surface area contributed by atoms with E-state index in [4.69, 9.17) is 17.3 Å². The Hall–Kier alpha value is -2.26. The lowest BCUT2D eigenvalue weighted by Crippen LogP contribution is -2.08. The summed E-state index contributed by atoms with van der Waals surface area (Å²) in [4.78, 5) is 14.9. The molecule has 3 N–H and O–H groups in total. The number of nitrogens with one attached hydrogen (secondary N) is 1. The molecular formula is C15H11ClN2O. The molecule has 3 nitrogen and oxygen atoms in total. The van der Waals surface area contributed by atoms with Crippen LogP contribution < -0.4 is 11.3 Å². The van der Waals surface area contributed by atoms with Gasteiger partial charge in [0.1, 0.15) is 0 Å². The van der Waals surface area contributed by atoms with Gasteiger partial charge in [0.2, 0.25) is 0 Å². The van der Waals surface area contributed by atoms with E-state index in [2.05, 4.69) is 4.98 Å². The molecule has 0 aliphatic carbocycles. The van der Waals surface area contributed by atoms with Gasteiger partial charge in [-0.3, -0.25) is 4.79 Å². The first-order valence-electron chi connectivity index (χ1n) is 5.83. The first-order chi connectivity index (χ1) is 9.16. The number of fused-ring (bicyclic) bond motifs is 1. The van der Waals surface area contributed by atoms with Crippen molar-refractivity contribution in [2.75, 3.05) is 5.73 Å². The van der Waals surface area contributed by atoms with Crippen LogP contribution in [0.3, 0.4) is 0 Å². The van der Waals surface area contributed by atoms with Crippen molar-refractivity contribution < 1.29 is 0 Å². The average molecular weight is 271 g/mol. The summed E-state index contributed by atoms with van der Waals surface area (Å²) in [6.07, 6.45) is 0. The summed E-state index contributed by atoms with van der Waals surface area (Å²) >= 11 is 6.15. The highest BCUT2D eigenvalue weighted by Crippen LogP contribution is 2.28. The third-order valence-corrected chi connectivity index (χ3v) is 3.41. The zero-order valence-corrected chi connectivity index (χ0v) is 10.7. The number of hydrogen-bond acceptors (Lipinski definition) is 2. The van der Waals surface area contributed by atoms with E-state index >= 15 is 0 Å². The molecule has 0 aliphatic rings. The molecule has 1 heterocycles. The Balaban J connectivity index is 2.36. The maximum Gasteiger partial charge on any atom is 0.256 e. The summed E-state index contributed by atoms with van der Waals surface area (Å²) in [7, 11) is 0. The second kappa shape index (κ2) is 4.44. The van der Waals surface area contributed by atoms with Crippen LogP contribution in [0.1, 0.15) is 0 Å². The molecule has 0 saturated heterocycles. The van der Waals surface area contributed by atoms with E-state index < -0.39 is 0 Å². The number of halogens is 1. The van der Waals surface area contributed by atoms with Crippen LogP contribution >= 0.6 is 11.6 Å². The highest BCUT2D eigenvalue weighted by molar-refractivity contribution is 6.33. The minimum Gasteiger partial charge on any atom is -0.398 e. The Morgan fingerprint density at radius 1 is 1.00 bits per heavy atom. The van der Waals surface area contributed by atoms with Gasteiger partial charge < -0.3 is 10.7 Å². The molecular weight excluding hydrogens is 260 g/mol. The second-order valence-corrected chi connectivity index (χ2v) is 4.71. The van der Waals surface area contributed by atoms with E-state index in [0.717, 1.165) is 10.9 Å². The summed E-state index contributed by atoms with van der Waals surface area (Å²) in [6, 6.07) is 14.5. The fourth-order valence-electron chi connectivity index (χ4n) is 2.14. The Morgan fingerprint density at radius 3 is 2.58 bits per heavy atom. The molecule has 0 bridgehead atoms. The molecule has 0 fully saturated rings. The molecule has 0 unspecified atom stereocenters. The molecule has 0 radical (unpaired) electrons. The number of benzene rings is 2. The van der Waals surface area contributed by atoms with Crippen molar-refractivity contribution in [1.82, 2.24) is 4.98 Å². The van der Waals surface area contributed by atoms with E-state index in [9.17, 15) is 4.79 Å². The summed E-state index contributed by atoms with van der Waals surface area (Å²) in [5.74, 6) is 0. The van der Waals surface area contributed by atoms with Gasteiger partial charge in [-0.25, -0.2) is 0 Å². The van der Waals surface area contributed by atoms with Crippen LogP contribution in [-0.4, -0.2) is 4.98 Å². The molecule has 19 heavy (non-hydrogen) atoms. The summed E-state index contributed by atoms with van der Waals surface area (Å²) < 4.78 is 0. The molecule has 3 aromatic rings. The number of nitrogen functional groups attached to an aromatic ring is 1. The van der Waals surface area contributed by atoms with E-state index in [1.807, 2.05) is 24.3 Å². The zero-order valence-electron chi connectivity index (χ0n) is 9.98. The van der Waals surface area contributed by atoms with Crippen molar-refractivity contribution >= 4 is 28.1 Å². The van der Waals surface area contributed by atoms with Crippen LogP contribution in [-0.2, 0) is 0 Å². The second-order valence-electron chi connectivity index (χ2n) is 4.30. The minimum atomic E-state index is -0.167. The van der Waals surface area contributed by atoms with Crippen molar-refractivity contribution in [2.45, 2.75) is 0 Å². The van der Waals surface area contributed by atoms with Gasteiger partial charge in [-0.05, 0) is 24.3 Å². The lowest BCUT2D eigenvalue weighted by atomic mass is 10.1. The SMILES string of the molecule is Nc1cccc2c(=O)[nH]c(-c3ccccc3Cl)cc12. The number of aromatic nitrogens is 1. The highest BCUT2D eigenvalue weighted by Gasteiger charge is 2.08. The Kier molecular flexibility index (Phi) is 2.76. The fourth-order valence-corrected chi connectivity index (χ4v) is 2.37. The molecule has 3 rings (SSSR count). The third kappa shape index (κ3) is 1.98. The number of H-pyrrole nitrogens is 1. The van der Waals surface area contributed by atoms with Crippen molar-refractivity contribution in [2.24, 2.45) is 0 Å². The maximum absolute atomic E-state index is 12.1. The molecule has 94 valence electrons. The van der Waals surface area contributed by atoms with Crippen molar-refractivity contribution in [3.63, 3.8) is 0 Å². The van der Waals surface area contributed by atoms with Crippen LogP contribution in [0.15, 0.2) is 53.3 Å². The zero-order chi connectivity index (χ0) is 13.4. The molecule has 0 amide bonds. The molecule has 4 heteroatoms. The lowest BCUT2D eigenvalue weighted by Gasteiger charge is -2.07. The van der Waals surface area contributed by atoms with E-state index in [-0.39, 0.29) is 5.56 Å². The van der Waals surface area contributed by atoms with Crippen molar-refractivity contribution in [1.29, 1.82) is 0 Å². The number of rotatable bonds is 1. The van der Waals surface area contributed by atoms with Gasteiger partial charge in [0.05, 0.1) is 5.69 Å². The van der Waals surface area contributed by atoms with Gasteiger partial charge in [0.25, 0.3) is 5.56 Å². The van der Waals surface area contributed by atoms with Gasteiger partial charge in [0.15, 0.2) is 0 Å². The van der Waals surface area contributed by atoms with E-state index in [0.29, 0.717) is 21.8 Å². The van der Waals surface area contributed by atoms with Crippen LogP contribution in [0, 0.1) is 0 Å². The normalized spacial score (nSPS) is 10.8. The fraction of sp³-hybridized carbons (Fsp3) is 0. The standard InChI is InChI=1S/C15H11ClN2O/c16-12-6-2-1-4-10(12)14-8-11-9(15(19)18-14)5-3-7-13(11)17/h1-8H,17H2,(H,18,19). The highest BCUT2D eigenvalue weighted by atomic mass is 35.5. The molecule has 1 aromatic heterocycles. The molecule has 0 spiro atoms. The van der Waals surface area contributed by atoms with Gasteiger partial charge >= 0.3 is 0 Å². The van der Waals surface area contributed by atoms with Crippen LogP contribution in [0.2, 0.25) is 5.02 Å². The largest absolute Gasteiger partial charge is 0.398 e. The Bertz CT molecular complexity index is 824. The number of hydrogen-bond donors (Lipinski definition) is 2. The quantitative estimate of drug-likeness (QED) is 0.666. The van der Waals surface area contributed by atoms with Crippen molar-refractivity contribution in [3.05, 3.63) is 63.9 Å². The first kappa shape index (κ1) is 11.8. The summed E-state index contributed by atoms with van der Waals surface area (Å²) in [6.45, 7) is 0. The predicted molar refractivity (Wildman–Crippen MR) is 79.4 cm³/mol. The maximum atomic E-state index is 12.1. The number of aromatic amines is 1. The monoisotopic (exact) mass is 270 g/mol. The third-order valence-electron chi connectivity index (χ3n) is 3.09. The summed E-state index contributed by atoms with van der Waals surface area (Å²) in [5.41, 5.74) is 7.79. The van der Waals surface area contributed by atoms with Crippen LogP contribution in [0.4, 0.5) is 5.69 Å². The Morgan fingerprint density at radius 2 is 1.79 bits per heavy atom. The smallest absolute Gasteiger partial charge is 0.256 e.